The SMILES string of the molecule is Cc1c(Br)cccc1OCCC[C@H]1CCCN(C(=O)OC(C)(C)C)C1. The zero-order valence-corrected chi connectivity index (χ0v) is 17.4. The van der Waals surface area contributed by atoms with Crippen LogP contribution >= 0.6 is 15.9 Å². The van der Waals surface area contributed by atoms with Crippen LogP contribution in [0.2, 0.25) is 0 Å². The molecule has 1 aromatic rings. The van der Waals surface area contributed by atoms with Gasteiger partial charge in [0, 0.05) is 23.1 Å². The molecule has 1 aliphatic heterocycles. The standard InChI is InChI=1S/C20H30BrNO3/c1-15-17(21)10-5-11-18(15)24-13-7-9-16-8-6-12-22(14-16)19(23)25-20(2,3)4/h5,10-11,16H,6-9,12-14H2,1-4H3/t16-/m1/s1. The number of hydrogen-bond donors (Lipinski definition) is 0. The van der Waals surface area contributed by atoms with Gasteiger partial charge in [-0.05, 0) is 71.4 Å². The predicted octanol–water partition coefficient (Wildman–Crippen LogP) is 5.56. The fourth-order valence-electron chi connectivity index (χ4n) is 3.09. The van der Waals surface area contributed by atoms with Crippen LogP contribution in [0.3, 0.4) is 0 Å². The lowest BCUT2D eigenvalue weighted by molar-refractivity contribution is 0.0159. The predicted molar refractivity (Wildman–Crippen MR) is 104 cm³/mol. The molecule has 1 aromatic carbocycles. The van der Waals surface area contributed by atoms with Crippen molar-refractivity contribution in [1.82, 2.24) is 4.90 Å². The number of benzene rings is 1. The molecule has 1 aliphatic rings. The minimum Gasteiger partial charge on any atom is -0.493 e. The van der Waals surface area contributed by atoms with E-state index in [-0.39, 0.29) is 6.09 Å². The highest BCUT2D eigenvalue weighted by atomic mass is 79.9. The van der Waals surface area contributed by atoms with E-state index in [1.54, 1.807) is 0 Å². The van der Waals surface area contributed by atoms with E-state index in [9.17, 15) is 4.79 Å². The zero-order chi connectivity index (χ0) is 18.4. The monoisotopic (exact) mass is 411 g/mol. The molecule has 1 atom stereocenters. The van der Waals surface area contributed by atoms with Crippen LogP contribution in [0.1, 0.15) is 52.0 Å². The summed E-state index contributed by atoms with van der Waals surface area (Å²) in [5.41, 5.74) is 0.705. The van der Waals surface area contributed by atoms with Crippen molar-refractivity contribution in [1.29, 1.82) is 0 Å². The maximum Gasteiger partial charge on any atom is 0.410 e. The number of hydrogen-bond acceptors (Lipinski definition) is 3. The Morgan fingerprint density at radius 3 is 2.84 bits per heavy atom. The highest BCUT2D eigenvalue weighted by Gasteiger charge is 2.27. The summed E-state index contributed by atoms with van der Waals surface area (Å²) in [6.07, 6.45) is 4.12. The molecule has 0 spiro atoms. The van der Waals surface area contributed by atoms with Crippen LogP contribution in [0, 0.1) is 12.8 Å². The lowest BCUT2D eigenvalue weighted by Crippen LogP contribution is -2.42. The lowest BCUT2D eigenvalue weighted by atomic mass is 9.94. The molecule has 1 fully saturated rings. The van der Waals surface area contributed by atoms with Crippen molar-refractivity contribution in [3.05, 3.63) is 28.2 Å². The number of carbonyl (C=O) groups excluding carboxylic acids is 1. The Labute approximate surface area is 160 Å². The second kappa shape index (κ2) is 8.93. The molecular formula is C20H30BrNO3. The molecule has 5 heteroatoms. The van der Waals surface area contributed by atoms with E-state index >= 15 is 0 Å². The Morgan fingerprint density at radius 2 is 2.12 bits per heavy atom. The normalized spacial score (nSPS) is 18.1. The van der Waals surface area contributed by atoms with Gasteiger partial charge >= 0.3 is 6.09 Å². The average Bonchev–Trinajstić information content (AvgIpc) is 2.54. The van der Waals surface area contributed by atoms with E-state index in [0.717, 1.165) is 48.1 Å². The van der Waals surface area contributed by atoms with Crippen molar-refractivity contribution >= 4 is 22.0 Å². The summed E-state index contributed by atoms with van der Waals surface area (Å²) in [7, 11) is 0. The fourth-order valence-corrected chi connectivity index (χ4v) is 3.44. The van der Waals surface area contributed by atoms with Crippen molar-refractivity contribution in [3.8, 4) is 5.75 Å². The first-order chi connectivity index (χ1) is 11.8. The van der Waals surface area contributed by atoms with Crippen LogP contribution in [0.5, 0.6) is 5.75 Å². The molecule has 1 amide bonds. The van der Waals surface area contributed by atoms with Gasteiger partial charge in [-0.15, -0.1) is 0 Å². The number of carbonyl (C=O) groups is 1. The molecule has 0 unspecified atom stereocenters. The third-order valence-corrected chi connectivity index (χ3v) is 5.26. The number of ether oxygens (including phenoxy) is 2. The van der Waals surface area contributed by atoms with Crippen molar-refractivity contribution < 1.29 is 14.3 Å². The Balaban J connectivity index is 1.74. The van der Waals surface area contributed by atoms with Gasteiger partial charge in [-0.2, -0.15) is 0 Å². The largest absolute Gasteiger partial charge is 0.493 e. The zero-order valence-electron chi connectivity index (χ0n) is 15.8. The van der Waals surface area contributed by atoms with Crippen molar-refractivity contribution in [2.75, 3.05) is 19.7 Å². The molecule has 0 aromatic heterocycles. The topological polar surface area (TPSA) is 38.8 Å². The van der Waals surface area contributed by atoms with Gasteiger partial charge < -0.3 is 14.4 Å². The smallest absolute Gasteiger partial charge is 0.410 e. The first-order valence-corrected chi connectivity index (χ1v) is 9.91. The molecule has 140 valence electrons. The molecular weight excluding hydrogens is 382 g/mol. The molecule has 1 heterocycles. The number of amides is 1. The molecule has 0 N–H and O–H groups in total. The van der Waals surface area contributed by atoms with E-state index in [2.05, 4.69) is 22.9 Å². The van der Waals surface area contributed by atoms with E-state index in [0.29, 0.717) is 12.5 Å². The first-order valence-electron chi connectivity index (χ1n) is 9.12. The van der Waals surface area contributed by atoms with Crippen LogP contribution in [-0.4, -0.2) is 36.3 Å². The minimum atomic E-state index is -0.431. The quantitative estimate of drug-likeness (QED) is 0.594. The summed E-state index contributed by atoms with van der Waals surface area (Å²) in [6.45, 7) is 10.1. The van der Waals surface area contributed by atoms with Crippen molar-refractivity contribution in [2.24, 2.45) is 5.92 Å². The second-order valence-corrected chi connectivity index (χ2v) is 8.64. The maximum absolute atomic E-state index is 12.2. The Morgan fingerprint density at radius 1 is 1.36 bits per heavy atom. The summed E-state index contributed by atoms with van der Waals surface area (Å²) >= 11 is 3.53. The van der Waals surface area contributed by atoms with E-state index in [4.69, 9.17) is 9.47 Å². The molecule has 0 saturated carbocycles. The molecule has 2 rings (SSSR count). The summed E-state index contributed by atoms with van der Waals surface area (Å²) < 4.78 is 12.5. The summed E-state index contributed by atoms with van der Waals surface area (Å²) in [4.78, 5) is 14.1. The van der Waals surface area contributed by atoms with Crippen LogP contribution in [0.25, 0.3) is 0 Å². The lowest BCUT2D eigenvalue weighted by Gasteiger charge is -2.34. The van der Waals surface area contributed by atoms with Crippen molar-refractivity contribution in [3.63, 3.8) is 0 Å². The third kappa shape index (κ3) is 6.53. The van der Waals surface area contributed by atoms with Crippen LogP contribution in [-0.2, 0) is 4.74 Å². The third-order valence-electron chi connectivity index (χ3n) is 4.40. The summed E-state index contributed by atoms with van der Waals surface area (Å²) in [6, 6.07) is 6.02. The fraction of sp³-hybridized carbons (Fsp3) is 0.650. The minimum absolute atomic E-state index is 0.182. The van der Waals surface area contributed by atoms with Crippen molar-refractivity contribution in [2.45, 2.75) is 59.0 Å². The number of rotatable bonds is 5. The highest BCUT2D eigenvalue weighted by Crippen LogP contribution is 2.26. The van der Waals surface area contributed by atoms with Gasteiger partial charge in [-0.1, -0.05) is 22.0 Å². The summed E-state index contributed by atoms with van der Waals surface area (Å²) in [5, 5.41) is 0. The molecule has 1 saturated heterocycles. The summed E-state index contributed by atoms with van der Waals surface area (Å²) in [5.74, 6) is 1.47. The molecule has 0 radical (unpaired) electrons. The average molecular weight is 412 g/mol. The second-order valence-electron chi connectivity index (χ2n) is 7.79. The van der Waals surface area contributed by atoms with Crippen LogP contribution < -0.4 is 4.74 Å². The van der Waals surface area contributed by atoms with Gasteiger partial charge in [0.1, 0.15) is 11.4 Å². The Bertz CT molecular complexity index is 583. The molecule has 0 bridgehead atoms. The Kier molecular flexibility index (Phi) is 7.17. The number of nitrogens with zero attached hydrogens (tertiary/aromatic N) is 1. The number of likely N-dealkylation sites (tertiary alicyclic amines) is 1. The number of halogens is 1. The van der Waals surface area contributed by atoms with Crippen LogP contribution in [0.15, 0.2) is 22.7 Å². The molecule has 0 aliphatic carbocycles. The van der Waals surface area contributed by atoms with Gasteiger partial charge in [-0.3, -0.25) is 0 Å². The van der Waals surface area contributed by atoms with E-state index in [1.807, 2.05) is 43.9 Å². The Hall–Kier alpha value is -1.23. The maximum atomic E-state index is 12.2. The van der Waals surface area contributed by atoms with E-state index in [1.165, 1.54) is 6.42 Å². The van der Waals surface area contributed by atoms with Crippen LogP contribution in [0.4, 0.5) is 4.79 Å². The van der Waals surface area contributed by atoms with Gasteiger partial charge in [-0.25, -0.2) is 4.79 Å². The highest BCUT2D eigenvalue weighted by molar-refractivity contribution is 9.10. The van der Waals surface area contributed by atoms with Gasteiger partial charge in [0.2, 0.25) is 0 Å². The molecule has 25 heavy (non-hydrogen) atoms. The van der Waals surface area contributed by atoms with E-state index < -0.39 is 5.60 Å². The first kappa shape index (κ1) is 20.1. The van der Waals surface area contributed by atoms with Gasteiger partial charge in [0.15, 0.2) is 0 Å². The van der Waals surface area contributed by atoms with Gasteiger partial charge in [0.25, 0.3) is 0 Å². The molecule has 4 nitrogen and oxygen atoms in total. The number of piperidine rings is 1. The van der Waals surface area contributed by atoms with Gasteiger partial charge in [0.05, 0.1) is 6.61 Å².